The number of allylic oxidation sites excluding steroid dienone is 9. The van der Waals surface area contributed by atoms with E-state index in [1.165, 1.54) is 5.57 Å². The van der Waals surface area contributed by atoms with Gasteiger partial charge in [0.05, 0.1) is 11.0 Å². The third kappa shape index (κ3) is 4.43. The molecule has 2 heteroatoms. The van der Waals surface area contributed by atoms with Crippen LogP contribution in [0.4, 0.5) is 0 Å². The molecular weight excluding hydrogens is 280 g/mol. The smallest absolute Gasteiger partial charge is 0.100 e. The summed E-state index contributed by atoms with van der Waals surface area (Å²) < 4.78 is 2.14. The minimum atomic E-state index is 0.968. The molecule has 0 N–H and O–H groups in total. The minimum Gasteiger partial charge on any atom is -0.299 e. The topological polar surface area (TPSA) is 17.8 Å². The van der Waals surface area contributed by atoms with Gasteiger partial charge >= 0.3 is 0 Å². The van der Waals surface area contributed by atoms with Gasteiger partial charge in [0.15, 0.2) is 0 Å². The molecular formula is C21H24N2. The Kier molecular flexibility index (Phi) is 6.37. The second kappa shape index (κ2) is 8.74. The van der Waals surface area contributed by atoms with Crippen LogP contribution in [0.1, 0.15) is 26.7 Å². The highest BCUT2D eigenvalue weighted by molar-refractivity contribution is 5.80. The van der Waals surface area contributed by atoms with E-state index in [1.54, 1.807) is 0 Å². The van der Waals surface area contributed by atoms with Gasteiger partial charge in [-0.25, -0.2) is 4.98 Å². The van der Waals surface area contributed by atoms with Crippen molar-refractivity contribution in [2.75, 3.05) is 0 Å². The van der Waals surface area contributed by atoms with E-state index in [1.807, 2.05) is 44.4 Å². The van der Waals surface area contributed by atoms with Gasteiger partial charge in [-0.2, -0.15) is 0 Å². The van der Waals surface area contributed by atoms with Crippen molar-refractivity contribution in [3.05, 3.63) is 85.3 Å². The number of hydrogen-bond acceptors (Lipinski definition) is 1. The molecule has 2 rings (SSSR count). The van der Waals surface area contributed by atoms with E-state index in [2.05, 4.69) is 58.7 Å². The quantitative estimate of drug-likeness (QED) is 0.580. The van der Waals surface area contributed by atoms with Gasteiger partial charge in [-0.15, -0.1) is 0 Å². The van der Waals surface area contributed by atoms with E-state index in [0.29, 0.717) is 0 Å². The lowest BCUT2D eigenvalue weighted by Gasteiger charge is -2.06. The molecule has 0 radical (unpaired) electrons. The van der Waals surface area contributed by atoms with Gasteiger partial charge in [0.2, 0.25) is 0 Å². The molecule has 0 atom stereocenters. The van der Waals surface area contributed by atoms with E-state index >= 15 is 0 Å². The van der Waals surface area contributed by atoms with Crippen LogP contribution in [0.3, 0.4) is 0 Å². The first kappa shape index (κ1) is 16.8. The lowest BCUT2D eigenvalue weighted by atomic mass is 10.1. The molecule has 1 aromatic heterocycles. The van der Waals surface area contributed by atoms with Crippen molar-refractivity contribution in [3.63, 3.8) is 0 Å². The summed E-state index contributed by atoms with van der Waals surface area (Å²) in [6.07, 6.45) is 18.4. The van der Waals surface area contributed by atoms with Crippen molar-refractivity contribution in [1.29, 1.82) is 0 Å². The van der Waals surface area contributed by atoms with Crippen molar-refractivity contribution in [2.45, 2.75) is 26.7 Å². The minimum absolute atomic E-state index is 0.968. The van der Waals surface area contributed by atoms with Crippen LogP contribution in [-0.2, 0) is 0 Å². The zero-order valence-electron chi connectivity index (χ0n) is 13.9. The second-order valence-electron chi connectivity index (χ2n) is 5.25. The van der Waals surface area contributed by atoms with Crippen molar-refractivity contribution in [1.82, 2.24) is 9.55 Å². The summed E-state index contributed by atoms with van der Waals surface area (Å²) in [5, 5.41) is 0. The molecule has 0 bridgehead atoms. The summed E-state index contributed by atoms with van der Waals surface area (Å²) in [6, 6.07) is 8.20. The van der Waals surface area contributed by atoms with Crippen molar-refractivity contribution in [3.8, 4) is 0 Å². The highest BCUT2D eigenvalue weighted by atomic mass is 15.0. The van der Waals surface area contributed by atoms with Crippen LogP contribution in [0.25, 0.3) is 16.7 Å². The Labute approximate surface area is 138 Å². The molecule has 0 aliphatic heterocycles. The highest BCUT2D eigenvalue weighted by Gasteiger charge is 2.03. The molecule has 118 valence electrons. The van der Waals surface area contributed by atoms with Crippen molar-refractivity contribution in [2.24, 2.45) is 0 Å². The van der Waals surface area contributed by atoms with Crippen LogP contribution < -0.4 is 0 Å². The first-order valence-corrected chi connectivity index (χ1v) is 7.99. The summed E-state index contributed by atoms with van der Waals surface area (Å²) in [7, 11) is 0. The molecule has 0 unspecified atom stereocenters. The Bertz CT molecular complexity index is 770. The molecule has 0 amide bonds. The predicted molar refractivity (Wildman–Crippen MR) is 101 cm³/mol. The fourth-order valence-electron chi connectivity index (χ4n) is 2.56. The van der Waals surface area contributed by atoms with Gasteiger partial charge in [-0.3, -0.25) is 4.57 Å². The summed E-state index contributed by atoms with van der Waals surface area (Å²) in [5.41, 5.74) is 4.59. The molecule has 0 aliphatic carbocycles. The standard InChI is InChI=1S/C21H24N2/c1-4-10-18(11-5-2)13-9-14-19(12-6-3)23-17-22-20-15-7-8-16-21(20)23/h4-8,10-12,14-17H,1,9,13H2,2-3H3/b11-5-,12-6-,18-10+,19-14+. The van der Waals surface area contributed by atoms with E-state index in [4.69, 9.17) is 0 Å². The van der Waals surface area contributed by atoms with Gasteiger partial charge in [-0.1, -0.05) is 55.2 Å². The van der Waals surface area contributed by atoms with Crippen LogP contribution in [-0.4, -0.2) is 9.55 Å². The predicted octanol–water partition coefficient (Wildman–Crippen LogP) is 5.92. The highest BCUT2D eigenvalue weighted by Crippen LogP contribution is 2.19. The summed E-state index contributed by atoms with van der Waals surface area (Å²) in [4.78, 5) is 4.48. The number of rotatable bonds is 7. The lowest BCUT2D eigenvalue weighted by Crippen LogP contribution is -1.93. The Hall–Kier alpha value is -2.61. The van der Waals surface area contributed by atoms with Crippen LogP contribution in [0.15, 0.2) is 85.3 Å². The maximum absolute atomic E-state index is 4.48. The van der Waals surface area contributed by atoms with E-state index in [0.717, 1.165) is 29.6 Å². The number of hydrogen-bond donors (Lipinski definition) is 0. The average molecular weight is 304 g/mol. The molecule has 0 spiro atoms. The maximum atomic E-state index is 4.48. The summed E-state index contributed by atoms with van der Waals surface area (Å²) >= 11 is 0. The number of aromatic nitrogens is 2. The molecule has 0 aliphatic rings. The van der Waals surface area contributed by atoms with Crippen molar-refractivity contribution >= 4 is 16.7 Å². The van der Waals surface area contributed by atoms with Gasteiger partial charge in [0.1, 0.15) is 6.33 Å². The zero-order chi connectivity index (χ0) is 16.5. The fourth-order valence-corrected chi connectivity index (χ4v) is 2.56. The van der Waals surface area contributed by atoms with Crippen LogP contribution >= 0.6 is 0 Å². The Morgan fingerprint density at radius 2 is 1.96 bits per heavy atom. The monoisotopic (exact) mass is 304 g/mol. The Morgan fingerprint density at radius 3 is 2.70 bits per heavy atom. The van der Waals surface area contributed by atoms with E-state index in [9.17, 15) is 0 Å². The number of fused-ring (bicyclic) bond motifs is 1. The lowest BCUT2D eigenvalue weighted by molar-refractivity contribution is 0.995. The molecule has 2 aromatic rings. The Morgan fingerprint density at radius 1 is 1.17 bits per heavy atom. The van der Waals surface area contributed by atoms with E-state index in [-0.39, 0.29) is 0 Å². The van der Waals surface area contributed by atoms with Crippen LogP contribution in [0, 0.1) is 0 Å². The van der Waals surface area contributed by atoms with Crippen LogP contribution in [0.2, 0.25) is 0 Å². The van der Waals surface area contributed by atoms with Gasteiger partial charge in [0, 0.05) is 5.70 Å². The molecule has 0 saturated carbocycles. The number of para-hydroxylation sites is 2. The van der Waals surface area contributed by atoms with Gasteiger partial charge in [-0.05, 0) is 50.5 Å². The molecule has 1 aromatic carbocycles. The molecule has 23 heavy (non-hydrogen) atoms. The van der Waals surface area contributed by atoms with Gasteiger partial charge in [0.25, 0.3) is 0 Å². The number of benzene rings is 1. The largest absolute Gasteiger partial charge is 0.299 e. The first-order valence-electron chi connectivity index (χ1n) is 7.99. The molecule has 2 nitrogen and oxygen atoms in total. The average Bonchev–Trinajstić information content (AvgIpc) is 2.98. The molecule has 0 saturated heterocycles. The normalized spacial score (nSPS) is 13.5. The van der Waals surface area contributed by atoms with Crippen LogP contribution in [0.5, 0.6) is 0 Å². The van der Waals surface area contributed by atoms with Crippen molar-refractivity contribution < 1.29 is 0 Å². The first-order chi connectivity index (χ1) is 11.3. The maximum Gasteiger partial charge on any atom is 0.100 e. The number of nitrogens with zero attached hydrogens (tertiary/aromatic N) is 2. The van der Waals surface area contributed by atoms with E-state index < -0.39 is 0 Å². The molecule has 1 heterocycles. The Balaban J connectivity index is 2.24. The zero-order valence-corrected chi connectivity index (χ0v) is 13.9. The van der Waals surface area contributed by atoms with Gasteiger partial charge < -0.3 is 0 Å². The second-order valence-corrected chi connectivity index (χ2v) is 5.25. The third-order valence-corrected chi connectivity index (χ3v) is 3.57. The number of imidazole rings is 1. The fraction of sp³-hybridized carbons (Fsp3) is 0.190. The SMILES string of the molecule is C=C/C=C(\C=C/C)CC/C=C(\C=C/C)n1cnc2ccccc21. The summed E-state index contributed by atoms with van der Waals surface area (Å²) in [5.74, 6) is 0. The summed E-state index contributed by atoms with van der Waals surface area (Å²) in [6.45, 7) is 7.86. The molecule has 0 fully saturated rings. The third-order valence-electron chi connectivity index (χ3n) is 3.57.